The maximum absolute atomic E-state index is 12.3. The zero-order valence-electron chi connectivity index (χ0n) is 10.7. The molecule has 3 N–H and O–H groups in total. The molecule has 0 spiro atoms. The van der Waals surface area contributed by atoms with Crippen LogP contribution in [0, 0.1) is 5.92 Å². The number of morpholine rings is 1. The highest BCUT2D eigenvalue weighted by atomic mass is 19.4. The fourth-order valence-corrected chi connectivity index (χ4v) is 2.96. The molecular weight excluding hydrogens is 261 g/mol. The van der Waals surface area contributed by atoms with Gasteiger partial charge in [-0.1, -0.05) is 6.42 Å². The fourth-order valence-electron chi connectivity index (χ4n) is 2.96. The number of halogens is 3. The number of rotatable bonds is 4. The molecular formula is C12H21F3N2O2. The molecule has 19 heavy (non-hydrogen) atoms. The van der Waals surface area contributed by atoms with Crippen LogP contribution in [0.4, 0.5) is 13.2 Å². The lowest BCUT2D eigenvalue weighted by atomic mass is 9.94. The molecule has 1 heterocycles. The van der Waals surface area contributed by atoms with Crippen LogP contribution in [0.2, 0.25) is 0 Å². The van der Waals surface area contributed by atoms with Gasteiger partial charge in [0.25, 0.3) is 0 Å². The molecule has 0 aromatic carbocycles. The van der Waals surface area contributed by atoms with Crippen LogP contribution in [-0.2, 0) is 4.74 Å². The van der Waals surface area contributed by atoms with E-state index in [1.54, 1.807) is 0 Å². The van der Waals surface area contributed by atoms with Gasteiger partial charge in [-0.25, -0.2) is 0 Å². The molecule has 0 aromatic rings. The summed E-state index contributed by atoms with van der Waals surface area (Å²) >= 11 is 0. The maximum atomic E-state index is 12.3. The van der Waals surface area contributed by atoms with E-state index in [0.29, 0.717) is 13.2 Å². The van der Waals surface area contributed by atoms with Gasteiger partial charge in [-0.2, -0.15) is 13.2 Å². The Kier molecular flexibility index (Phi) is 5.05. The average molecular weight is 282 g/mol. The van der Waals surface area contributed by atoms with E-state index in [1.165, 1.54) is 0 Å². The van der Waals surface area contributed by atoms with E-state index in [2.05, 4.69) is 10.6 Å². The van der Waals surface area contributed by atoms with Crippen LogP contribution >= 0.6 is 0 Å². The second kappa shape index (κ2) is 6.39. The van der Waals surface area contributed by atoms with Crippen molar-refractivity contribution in [2.24, 2.45) is 5.92 Å². The smallest absolute Gasteiger partial charge is 0.382 e. The third-order valence-electron chi connectivity index (χ3n) is 3.99. The largest absolute Gasteiger partial charge is 0.415 e. The van der Waals surface area contributed by atoms with Crippen molar-refractivity contribution < 1.29 is 23.0 Å². The van der Waals surface area contributed by atoms with E-state index >= 15 is 0 Å². The summed E-state index contributed by atoms with van der Waals surface area (Å²) < 4.78 is 42.2. The zero-order chi connectivity index (χ0) is 13.9. The molecule has 2 rings (SSSR count). The van der Waals surface area contributed by atoms with Gasteiger partial charge in [-0.3, -0.25) is 0 Å². The Bertz CT molecular complexity index is 283. The van der Waals surface area contributed by atoms with E-state index in [-0.39, 0.29) is 18.0 Å². The molecule has 4 nitrogen and oxygen atoms in total. The molecule has 112 valence electrons. The minimum Gasteiger partial charge on any atom is -0.382 e. The molecule has 4 atom stereocenters. The molecule has 0 radical (unpaired) electrons. The summed E-state index contributed by atoms with van der Waals surface area (Å²) in [5, 5.41) is 15.2. The monoisotopic (exact) mass is 282 g/mol. The highest BCUT2D eigenvalue weighted by molar-refractivity contribution is 4.92. The lowest BCUT2D eigenvalue weighted by Crippen LogP contribution is -2.52. The molecule has 1 aliphatic carbocycles. The minimum absolute atomic E-state index is 0.0243. The van der Waals surface area contributed by atoms with Gasteiger partial charge in [-0.05, 0) is 18.8 Å². The van der Waals surface area contributed by atoms with Gasteiger partial charge >= 0.3 is 6.18 Å². The van der Waals surface area contributed by atoms with Crippen molar-refractivity contribution in [3.8, 4) is 0 Å². The summed E-state index contributed by atoms with van der Waals surface area (Å²) in [5.41, 5.74) is 0. The molecule has 0 amide bonds. The first-order chi connectivity index (χ1) is 8.98. The second-order valence-electron chi connectivity index (χ2n) is 5.30. The summed E-state index contributed by atoms with van der Waals surface area (Å²) in [4.78, 5) is 0. The number of ether oxygens (including phenoxy) is 1. The summed E-state index contributed by atoms with van der Waals surface area (Å²) in [5.74, 6) is 0.278. The van der Waals surface area contributed by atoms with Gasteiger partial charge in [0.1, 0.15) is 0 Å². The lowest BCUT2D eigenvalue weighted by Gasteiger charge is -2.33. The van der Waals surface area contributed by atoms with E-state index in [1.807, 2.05) is 0 Å². The molecule has 2 aliphatic rings. The van der Waals surface area contributed by atoms with Crippen molar-refractivity contribution in [2.75, 3.05) is 26.3 Å². The first-order valence-electron chi connectivity index (χ1n) is 6.78. The molecule has 2 fully saturated rings. The predicted octanol–water partition coefficient (Wildman–Crippen LogP) is 0.656. The van der Waals surface area contributed by atoms with Gasteiger partial charge in [-0.15, -0.1) is 0 Å². The summed E-state index contributed by atoms with van der Waals surface area (Å²) in [6, 6.07) is 0.230. The van der Waals surface area contributed by atoms with Crippen molar-refractivity contribution in [3.05, 3.63) is 0 Å². The Labute approximate surface area is 110 Å². The molecule has 0 aromatic heterocycles. The standard InChI is InChI=1S/C12H21F3N2O2/c13-12(14,15)11(18)6-17-9-3-1-2-8(9)10-7-19-5-4-16-10/h8-11,16-18H,1-7H2. The zero-order valence-corrected chi connectivity index (χ0v) is 10.7. The van der Waals surface area contributed by atoms with E-state index in [9.17, 15) is 13.2 Å². The Morgan fingerprint density at radius 3 is 2.79 bits per heavy atom. The highest BCUT2D eigenvalue weighted by Crippen LogP contribution is 2.30. The Morgan fingerprint density at radius 1 is 1.37 bits per heavy atom. The molecule has 1 aliphatic heterocycles. The van der Waals surface area contributed by atoms with Gasteiger partial charge in [0, 0.05) is 25.2 Å². The first-order valence-corrected chi connectivity index (χ1v) is 6.78. The number of aliphatic hydroxyl groups excluding tert-OH is 1. The van der Waals surface area contributed by atoms with Gasteiger partial charge in [0.15, 0.2) is 6.10 Å². The Morgan fingerprint density at radius 2 is 2.16 bits per heavy atom. The summed E-state index contributed by atoms with van der Waals surface area (Å²) in [6.07, 6.45) is -3.99. The summed E-state index contributed by atoms with van der Waals surface area (Å²) in [7, 11) is 0. The number of aliphatic hydroxyl groups is 1. The van der Waals surface area contributed by atoms with Crippen LogP contribution in [0.5, 0.6) is 0 Å². The van der Waals surface area contributed by atoms with Crippen LogP contribution in [0.1, 0.15) is 19.3 Å². The van der Waals surface area contributed by atoms with Crippen LogP contribution in [0.25, 0.3) is 0 Å². The maximum Gasteiger partial charge on any atom is 0.415 e. The van der Waals surface area contributed by atoms with Crippen LogP contribution in [0.15, 0.2) is 0 Å². The summed E-state index contributed by atoms with van der Waals surface area (Å²) in [6.45, 7) is 1.66. The number of alkyl halides is 3. The quantitative estimate of drug-likeness (QED) is 0.709. The third kappa shape index (κ3) is 4.05. The Hall–Kier alpha value is -0.370. The molecule has 0 bridgehead atoms. The normalized spacial score (nSPS) is 34.4. The van der Waals surface area contributed by atoms with Crippen LogP contribution in [-0.4, -0.2) is 55.8 Å². The van der Waals surface area contributed by atoms with Crippen molar-refractivity contribution in [3.63, 3.8) is 0 Å². The first kappa shape index (κ1) is 15.0. The number of nitrogens with one attached hydrogen (secondary N) is 2. The number of hydrogen-bond acceptors (Lipinski definition) is 4. The van der Waals surface area contributed by atoms with E-state index in [0.717, 1.165) is 25.8 Å². The van der Waals surface area contributed by atoms with Crippen molar-refractivity contribution in [1.29, 1.82) is 0 Å². The second-order valence-corrected chi connectivity index (χ2v) is 5.30. The van der Waals surface area contributed by atoms with E-state index < -0.39 is 18.8 Å². The SMILES string of the molecule is OC(CNC1CCCC1C1COCCN1)C(F)(F)F. The topological polar surface area (TPSA) is 53.5 Å². The Balaban J connectivity index is 1.81. The van der Waals surface area contributed by atoms with Crippen molar-refractivity contribution in [1.82, 2.24) is 10.6 Å². The van der Waals surface area contributed by atoms with Crippen LogP contribution < -0.4 is 10.6 Å². The predicted molar refractivity (Wildman–Crippen MR) is 63.8 cm³/mol. The molecule has 1 saturated heterocycles. The highest BCUT2D eigenvalue weighted by Gasteiger charge is 2.40. The van der Waals surface area contributed by atoms with Crippen molar-refractivity contribution >= 4 is 0 Å². The van der Waals surface area contributed by atoms with Gasteiger partial charge in [0.2, 0.25) is 0 Å². The molecule has 1 saturated carbocycles. The lowest BCUT2D eigenvalue weighted by molar-refractivity contribution is -0.202. The molecule has 4 unspecified atom stereocenters. The minimum atomic E-state index is -4.55. The van der Waals surface area contributed by atoms with Gasteiger partial charge in [0.05, 0.1) is 13.2 Å². The van der Waals surface area contributed by atoms with E-state index in [4.69, 9.17) is 9.84 Å². The van der Waals surface area contributed by atoms with Gasteiger partial charge < -0.3 is 20.5 Å². The number of hydrogen-bond donors (Lipinski definition) is 3. The average Bonchev–Trinajstić information content (AvgIpc) is 2.84. The van der Waals surface area contributed by atoms with Crippen molar-refractivity contribution in [2.45, 2.75) is 43.6 Å². The fraction of sp³-hybridized carbons (Fsp3) is 1.00. The molecule has 7 heteroatoms. The third-order valence-corrected chi connectivity index (χ3v) is 3.99. The van der Waals surface area contributed by atoms with Crippen LogP contribution in [0.3, 0.4) is 0 Å².